The molecular weight excluding hydrogens is 190 g/mol. The van der Waals surface area contributed by atoms with E-state index in [-0.39, 0.29) is 6.61 Å². The lowest BCUT2D eigenvalue weighted by Gasteiger charge is -2.20. The van der Waals surface area contributed by atoms with Gasteiger partial charge in [0.2, 0.25) is 0 Å². The van der Waals surface area contributed by atoms with E-state index in [1.54, 1.807) is 0 Å². The van der Waals surface area contributed by atoms with E-state index in [9.17, 15) is 0 Å². The molecule has 0 aliphatic carbocycles. The van der Waals surface area contributed by atoms with E-state index < -0.39 is 0 Å². The minimum absolute atomic E-state index is 0.259. The highest BCUT2D eigenvalue weighted by molar-refractivity contribution is 4.83. The van der Waals surface area contributed by atoms with Gasteiger partial charge in [-0.3, -0.25) is 4.90 Å². The van der Waals surface area contributed by atoms with Gasteiger partial charge < -0.3 is 9.84 Å². The first-order chi connectivity index (χ1) is 7.27. The fourth-order valence-electron chi connectivity index (χ4n) is 1.87. The molecule has 0 aromatic rings. The average Bonchev–Trinajstić information content (AvgIpc) is 2.89. The van der Waals surface area contributed by atoms with Crippen LogP contribution in [-0.4, -0.2) is 48.5 Å². The van der Waals surface area contributed by atoms with Crippen molar-refractivity contribution in [3.8, 4) is 0 Å². The van der Waals surface area contributed by atoms with E-state index in [0.29, 0.717) is 12.2 Å². The SMILES string of the molecule is CCCCCCN(CCO)CC1OC1C. The molecule has 1 aliphatic heterocycles. The van der Waals surface area contributed by atoms with Gasteiger partial charge in [-0.15, -0.1) is 0 Å². The topological polar surface area (TPSA) is 36.0 Å². The molecule has 2 unspecified atom stereocenters. The number of aliphatic hydroxyl groups excluding tert-OH is 1. The lowest BCUT2D eigenvalue weighted by atomic mass is 10.2. The van der Waals surface area contributed by atoms with Gasteiger partial charge in [0, 0.05) is 13.1 Å². The van der Waals surface area contributed by atoms with Crippen LogP contribution < -0.4 is 0 Å². The maximum absolute atomic E-state index is 8.96. The summed E-state index contributed by atoms with van der Waals surface area (Å²) in [5, 5.41) is 8.96. The van der Waals surface area contributed by atoms with Crippen molar-refractivity contribution in [2.75, 3.05) is 26.2 Å². The lowest BCUT2D eigenvalue weighted by Crippen LogP contribution is -2.32. The van der Waals surface area contributed by atoms with Crippen molar-refractivity contribution in [3.05, 3.63) is 0 Å². The third kappa shape index (κ3) is 5.50. The number of ether oxygens (including phenoxy) is 1. The first-order valence-corrected chi connectivity index (χ1v) is 6.26. The van der Waals surface area contributed by atoms with Crippen LogP contribution in [0.15, 0.2) is 0 Å². The highest BCUT2D eigenvalue weighted by atomic mass is 16.6. The molecule has 0 aromatic heterocycles. The molecule has 1 N–H and O–H groups in total. The monoisotopic (exact) mass is 215 g/mol. The van der Waals surface area contributed by atoms with Crippen molar-refractivity contribution in [2.24, 2.45) is 0 Å². The van der Waals surface area contributed by atoms with Crippen LogP contribution in [0.5, 0.6) is 0 Å². The molecule has 0 spiro atoms. The molecule has 1 saturated heterocycles. The molecule has 0 saturated carbocycles. The maximum Gasteiger partial charge on any atom is 0.0965 e. The van der Waals surface area contributed by atoms with Crippen molar-refractivity contribution < 1.29 is 9.84 Å². The Morgan fingerprint density at radius 1 is 1.20 bits per heavy atom. The average molecular weight is 215 g/mol. The Morgan fingerprint density at radius 3 is 2.47 bits per heavy atom. The molecule has 0 amide bonds. The third-order valence-electron chi connectivity index (χ3n) is 3.02. The summed E-state index contributed by atoms with van der Waals surface area (Å²) in [5.41, 5.74) is 0. The number of hydrogen-bond donors (Lipinski definition) is 1. The van der Waals surface area contributed by atoms with Crippen LogP contribution >= 0.6 is 0 Å². The number of nitrogens with zero attached hydrogens (tertiary/aromatic N) is 1. The minimum atomic E-state index is 0.259. The van der Waals surface area contributed by atoms with Crippen LogP contribution in [0.2, 0.25) is 0 Å². The fraction of sp³-hybridized carbons (Fsp3) is 1.00. The smallest absolute Gasteiger partial charge is 0.0965 e. The van der Waals surface area contributed by atoms with Crippen molar-refractivity contribution in [1.29, 1.82) is 0 Å². The number of aliphatic hydroxyl groups is 1. The lowest BCUT2D eigenvalue weighted by molar-refractivity contribution is 0.181. The van der Waals surface area contributed by atoms with E-state index in [0.717, 1.165) is 19.6 Å². The summed E-state index contributed by atoms with van der Waals surface area (Å²) in [6.07, 6.45) is 6.00. The Labute approximate surface area is 93.4 Å². The van der Waals surface area contributed by atoms with Gasteiger partial charge in [-0.25, -0.2) is 0 Å². The molecule has 1 rings (SSSR count). The largest absolute Gasteiger partial charge is 0.395 e. The Balaban J connectivity index is 2.06. The van der Waals surface area contributed by atoms with Gasteiger partial charge in [-0.05, 0) is 19.9 Å². The minimum Gasteiger partial charge on any atom is -0.395 e. The van der Waals surface area contributed by atoms with Gasteiger partial charge >= 0.3 is 0 Å². The summed E-state index contributed by atoms with van der Waals surface area (Å²) in [6, 6.07) is 0. The van der Waals surface area contributed by atoms with Crippen molar-refractivity contribution in [3.63, 3.8) is 0 Å². The van der Waals surface area contributed by atoms with Crippen LogP contribution in [0.4, 0.5) is 0 Å². The van der Waals surface area contributed by atoms with Gasteiger partial charge in [0.15, 0.2) is 0 Å². The van der Waals surface area contributed by atoms with Gasteiger partial charge in [0.1, 0.15) is 0 Å². The molecule has 1 fully saturated rings. The van der Waals surface area contributed by atoms with Crippen LogP contribution in [0.1, 0.15) is 39.5 Å². The van der Waals surface area contributed by atoms with E-state index in [1.807, 2.05) is 0 Å². The quantitative estimate of drug-likeness (QED) is 0.469. The van der Waals surface area contributed by atoms with E-state index in [4.69, 9.17) is 9.84 Å². The molecule has 0 aromatic carbocycles. The maximum atomic E-state index is 8.96. The van der Waals surface area contributed by atoms with Crippen LogP contribution in [0.3, 0.4) is 0 Å². The van der Waals surface area contributed by atoms with Crippen LogP contribution in [-0.2, 0) is 4.74 Å². The summed E-state index contributed by atoms with van der Waals surface area (Å²) in [7, 11) is 0. The summed E-state index contributed by atoms with van der Waals surface area (Å²) in [4.78, 5) is 2.32. The summed E-state index contributed by atoms with van der Waals surface area (Å²) in [5.74, 6) is 0. The van der Waals surface area contributed by atoms with E-state index in [2.05, 4.69) is 18.7 Å². The molecule has 2 atom stereocenters. The zero-order valence-corrected chi connectivity index (χ0v) is 10.1. The molecule has 3 heteroatoms. The first-order valence-electron chi connectivity index (χ1n) is 6.26. The standard InChI is InChI=1S/C12H25NO2/c1-3-4-5-6-7-13(8-9-14)10-12-11(2)15-12/h11-12,14H,3-10H2,1-2H3. The second-order valence-corrected chi connectivity index (χ2v) is 4.46. The number of epoxide rings is 1. The summed E-state index contributed by atoms with van der Waals surface area (Å²) >= 11 is 0. The highest BCUT2D eigenvalue weighted by Gasteiger charge is 2.35. The Kier molecular flexibility index (Phi) is 6.22. The van der Waals surface area contributed by atoms with E-state index >= 15 is 0 Å². The molecule has 1 aliphatic rings. The van der Waals surface area contributed by atoms with Crippen LogP contribution in [0, 0.1) is 0 Å². The molecular formula is C12H25NO2. The number of hydrogen-bond acceptors (Lipinski definition) is 3. The van der Waals surface area contributed by atoms with Gasteiger partial charge in [-0.2, -0.15) is 0 Å². The van der Waals surface area contributed by atoms with Crippen molar-refractivity contribution in [2.45, 2.75) is 51.7 Å². The predicted octanol–water partition coefficient (Wildman–Crippen LogP) is 1.65. The zero-order valence-electron chi connectivity index (χ0n) is 10.1. The van der Waals surface area contributed by atoms with Gasteiger partial charge in [0.05, 0.1) is 18.8 Å². The summed E-state index contributed by atoms with van der Waals surface area (Å²) < 4.78 is 5.40. The van der Waals surface area contributed by atoms with Crippen molar-refractivity contribution in [1.82, 2.24) is 4.90 Å². The number of unbranched alkanes of at least 4 members (excludes halogenated alkanes) is 3. The Hall–Kier alpha value is -0.120. The van der Waals surface area contributed by atoms with Gasteiger partial charge in [0.25, 0.3) is 0 Å². The molecule has 0 bridgehead atoms. The zero-order chi connectivity index (χ0) is 11.1. The summed E-state index contributed by atoms with van der Waals surface area (Å²) in [6.45, 7) is 7.48. The highest BCUT2D eigenvalue weighted by Crippen LogP contribution is 2.21. The molecule has 3 nitrogen and oxygen atoms in total. The molecule has 0 radical (unpaired) electrons. The Bertz CT molecular complexity index is 164. The second-order valence-electron chi connectivity index (χ2n) is 4.46. The predicted molar refractivity (Wildman–Crippen MR) is 62.0 cm³/mol. The molecule has 1 heterocycles. The van der Waals surface area contributed by atoms with Crippen LogP contribution in [0.25, 0.3) is 0 Å². The molecule has 15 heavy (non-hydrogen) atoms. The normalized spacial score (nSPS) is 24.8. The van der Waals surface area contributed by atoms with Crippen molar-refractivity contribution >= 4 is 0 Å². The third-order valence-corrected chi connectivity index (χ3v) is 3.02. The fourth-order valence-corrected chi connectivity index (χ4v) is 1.87. The second kappa shape index (κ2) is 7.20. The molecule has 90 valence electrons. The van der Waals surface area contributed by atoms with E-state index in [1.165, 1.54) is 25.7 Å². The van der Waals surface area contributed by atoms with Gasteiger partial charge in [-0.1, -0.05) is 26.2 Å². The number of rotatable bonds is 9. The Morgan fingerprint density at radius 2 is 1.93 bits per heavy atom. The first kappa shape index (κ1) is 12.9.